The van der Waals surface area contributed by atoms with Gasteiger partial charge in [0.2, 0.25) is 0 Å². The fraction of sp³-hybridized carbons (Fsp3) is 0.174. The zero-order chi connectivity index (χ0) is 21.6. The number of anilines is 1. The van der Waals surface area contributed by atoms with Gasteiger partial charge in [0.15, 0.2) is 0 Å². The summed E-state index contributed by atoms with van der Waals surface area (Å²) in [6.07, 6.45) is 0. The normalized spacial score (nSPS) is 12.1. The molecular weight excluding hydrogens is 400 g/mol. The molecular formula is C23H24N2O4S. The fourth-order valence-corrected chi connectivity index (χ4v) is 3.91. The highest BCUT2D eigenvalue weighted by Gasteiger charge is 2.17. The van der Waals surface area contributed by atoms with Crippen LogP contribution in [0.25, 0.3) is 0 Å². The second-order valence-corrected chi connectivity index (χ2v) is 8.63. The third-order valence-corrected chi connectivity index (χ3v) is 5.77. The zero-order valence-corrected chi connectivity index (χ0v) is 17.6. The Morgan fingerprint density at radius 2 is 1.67 bits per heavy atom. The van der Waals surface area contributed by atoms with Gasteiger partial charge in [-0.15, -0.1) is 0 Å². The van der Waals surface area contributed by atoms with E-state index in [1.54, 1.807) is 42.5 Å². The number of carbonyl (C=O) groups is 1. The van der Waals surface area contributed by atoms with E-state index in [1.807, 2.05) is 38.1 Å². The standard InChI is InChI=1S/C23H24N2O4S/c1-17-9-6-7-14-22(17)29-16-18(2)24-23(26)19-10-8-13-21(15-19)30(27,28)25-20-11-4-3-5-12-20/h3-15,18,25H,16H2,1-2H3,(H,24,26)/t18-/m0/s1. The smallest absolute Gasteiger partial charge is 0.261 e. The summed E-state index contributed by atoms with van der Waals surface area (Å²) in [4.78, 5) is 12.6. The highest BCUT2D eigenvalue weighted by atomic mass is 32.2. The molecule has 0 saturated heterocycles. The van der Waals surface area contributed by atoms with Crippen molar-refractivity contribution in [2.45, 2.75) is 24.8 Å². The van der Waals surface area contributed by atoms with Gasteiger partial charge in [-0.2, -0.15) is 0 Å². The first-order valence-corrected chi connectivity index (χ1v) is 11.0. The second-order valence-electron chi connectivity index (χ2n) is 6.95. The maximum atomic E-state index is 12.6. The molecule has 0 spiro atoms. The molecule has 0 aromatic heterocycles. The van der Waals surface area contributed by atoms with Crippen molar-refractivity contribution in [3.8, 4) is 5.75 Å². The van der Waals surface area contributed by atoms with E-state index in [9.17, 15) is 13.2 Å². The Balaban J connectivity index is 1.64. The number of para-hydroxylation sites is 2. The fourth-order valence-electron chi connectivity index (χ4n) is 2.81. The summed E-state index contributed by atoms with van der Waals surface area (Å²) in [5.74, 6) is 0.395. The molecule has 0 saturated carbocycles. The third kappa shape index (κ3) is 5.61. The largest absolute Gasteiger partial charge is 0.491 e. The minimum Gasteiger partial charge on any atom is -0.491 e. The van der Waals surface area contributed by atoms with Crippen LogP contribution in [0.1, 0.15) is 22.8 Å². The summed E-state index contributed by atoms with van der Waals surface area (Å²) >= 11 is 0. The zero-order valence-electron chi connectivity index (χ0n) is 16.8. The lowest BCUT2D eigenvalue weighted by Gasteiger charge is -2.16. The Morgan fingerprint density at radius 3 is 2.40 bits per heavy atom. The van der Waals surface area contributed by atoms with Crippen molar-refractivity contribution in [1.82, 2.24) is 5.32 Å². The van der Waals surface area contributed by atoms with E-state index in [0.717, 1.165) is 11.3 Å². The van der Waals surface area contributed by atoms with Crippen LogP contribution in [-0.2, 0) is 10.0 Å². The second kappa shape index (κ2) is 9.45. The molecule has 0 radical (unpaired) electrons. The summed E-state index contributed by atoms with van der Waals surface area (Å²) in [5, 5.41) is 2.84. The number of carbonyl (C=O) groups excluding carboxylic acids is 1. The molecule has 0 aliphatic heterocycles. The molecule has 3 rings (SSSR count). The van der Waals surface area contributed by atoms with Gasteiger partial charge in [-0.25, -0.2) is 8.42 Å². The van der Waals surface area contributed by atoms with Gasteiger partial charge in [0.1, 0.15) is 12.4 Å². The van der Waals surface area contributed by atoms with Crippen molar-refractivity contribution >= 4 is 21.6 Å². The Bertz CT molecular complexity index is 1110. The van der Waals surface area contributed by atoms with Crippen LogP contribution >= 0.6 is 0 Å². The first-order chi connectivity index (χ1) is 14.3. The lowest BCUT2D eigenvalue weighted by Crippen LogP contribution is -2.36. The molecule has 1 atom stereocenters. The first-order valence-electron chi connectivity index (χ1n) is 9.52. The number of sulfonamides is 1. The van der Waals surface area contributed by atoms with Crippen molar-refractivity contribution in [3.63, 3.8) is 0 Å². The molecule has 30 heavy (non-hydrogen) atoms. The molecule has 7 heteroatoms. The van der Waals surface area contributed by atoms with Crippen molar-refractivity contribution in [2.75, 3.05) is 11.3 Å². The van der Waals surface area contributed by atoms with Gasteiger partial charge in [-0.1, -0.05) is 42.5 Å². The number of nitrogens with one attached hydrogen (secondary N) is 2. The van der Waals surface area contributed by atoms with Crippen molar-refractivity contribution in [3.05, 3.63) is 90.0 Å². The Hall–Kier alpha value is -3.32. The molecule has 0 heterocycles. The van der Waals surface area contributed by atoms with Gasteiger partial charge in [-0.05, 0) is 55.8 Å². The molecule has 0 aliphatic carbocycles. The predicted octanol–water partition coefficient (Wildman–Crippen LogP) is 3.99. The monoisotopic (exact) mass is 424 g/mol. The summed E-state index contributed by atoms with van der Waals surface area (Å²) in [7, 11) is -3.80. The summed E-state index contributed by atoms with van der Waals surface area (Å²) in [6, 6.07) is 21.9. The molecule has 0 aliphatic rings. The van der Waals surface area contributed by atoms with E-state index in [4.69, 9.17) is 4.74 Å². The number of benzene rings is 3. The summed E-state index contributed by atoms with van der Waals surface area (Å²) in [5.41, 5.74) is 1.72. The summed E-state index contributed by atoms with van der Waals surface area (Å²) in [6.45, 7) is 4.08. The van der Waals surface area contributed by atoms with Crippen LogP contribution in [0.15, 0.2) is 83.8 Å². The maximum Gasteiger partial charge on any atom is 0.261 e. The van der Waals surface area contributed by atoms with Crippen LogP contribution in [0.5, 0.6) is 5.75 Å². The Labute approximate surface area is 177 Å². The molecule has 0 fully saturated rings. The van der Waals surface area contributed by atoms with Gasteiger partial charge >= 0.3 is 0 Å². The van der Waals surface area contributed by atoms with Gasteiger partial charge in [0.05, 0.1) is 10.9 Å². The van der Waals surface area contributed by atoms with E-state index in [0.29, 0.717) is 12.3 Å². The van der Waals surface area contributed by atoms with Crippen LogP contribution in [-0.4, -0.2) is 27.0 Å². The molecule has 6 nitrogen and oxygen atoms in total. The molecule has 3 aromatic rings. The topological polar surface area (TPSA) is 84.5 Å². The van der Waals surface area contributed by atoms with Crippen molar-refractivity contribution in [2.24, 2.45) is 0 Å². The number of hydrogen-bond donors (Lipinski definition) is 2. The van der Waals surface area contributed by atoms with Gasteiger partial charge in [-0.3, -0.25) is 9.52 Å². The van der Waals surface area contributed by atoms with Crippen LogP contribution in [0, 0.1) is 6.92 Å². The Morgan fingerprint density at radius 1 is 0.967 bits per heavy atom. The molecule has 0 bridgehead atoms. The number of rotatable bonds is 8. The van der Waals surface area contributed by atoms with E-state index in [-0.39, 0.29) is 22.4 Å². The molecule has 3 aromatic carbocycles. The average molecular weight is 425 g/mol. The van der Waals surface area contributed by atoms with E-state index < -0.39 is 10.0 Å². The van der Waals surface area contributed by atoms with E-state index >= 15 is 0 Å². The molecule has 0 unspecified atom stereocenters. The lowest BCUT2D eigenvalue weighted by atomic mass is 10.2. The van der Waals surface area contributed by atoms with Gasteiger partial charge in [0.25, 0.3) is 15.9 Å². The number of ether oxygens (including phenoxy) is 1. The van der Waals surface area contributed by atoms with Crippen LogP contribution in [0.4, 0.5) is 5.69 Å². The first kappa shape index (κ1) is 21.4. The number of aryl methyl sites for hydroxylation is 1. The number of hydrogen-bond acceptors (Lipinski definition) is 4. The molecule has 156 valence electrons. The molecule has 2 N–H and O–H groups in total. The van der Waals surface area contributed by atoms with Crippen LogP contribution in [0.2, 0.25) is 0 Å². The lowest BCUT2D eigenvalue weighted by molar-refractivity contribution is 0.0926. The van der Waals surface area contributed by atoms with Gasteiger partial charge < -0.3 is 10.1 Å². The van der Waals surface area contributed by atoms with Crippen molar-refractivity contribution in [1.29, 1.82) is 0 Å². The van der Waals surface area contributed by atoms with Crippen LogP contribution in [0.3, 0.4) is 0 Å². The third-order valence-electron chi connectivity index (χ3n) is 4.39. The summed E-state index contributed by atoms with van der Waals surface area (Å²) < 4.78 is 33.5. The van der Waals surface area contributed by atoms with Crippen LogP contribution < -0.4 is 14.8 Å². The maximum absolute atomic E-state index is 12.6. The molecule has 1 amide bonds. The quantitative estimate of drug-likeness (QED) is 0.573. The predicted molar refractivity (Wildman–Crippen MR) is 117 cm³/mol. The average Bonchev–Trinajstić information content (AvgIpc) is 2.73. The number of amides is 1. The van der Waals surface area contributed by atoms with E-state index in [1.165, 1.54) is 12.1 Å². The SMILES string of the molecule is Cc1ccccc1OC[C@H](C)NC(=O)c1cccc(S(=O)(=O)Nc2ccccc2)c1. The minimum absolute atomic E-state index is 0.0165. The minimum atomic E-state index is -3.80. The highest BCUT2D eigenvalue weighted by molar-refractivity contribution is 7.92. The highest BCUT2D eigenvalue weighted by Crippen LogP contribution is 2.18. The van der Waals surface area contributed by atoms with Gasteiger partial charge in [0, 0.05) is 11.3 Å². The van der Waals surface area contributed by atoms with E-state index in [2.05, 4.69) is 10.0 Å². The van der Waals surface area contributed by atoms with Crippen molar-refractivity contribution < 1.29 is 17.9 Å². The Kier molecular flexibility index (Phi) is 6.74.